The van der Waals surface area contributed by atoms with Crippen LogP contribution in [0.2, 0.25) is 0 Å². The van der Waals surface area contributed by atoms with Crippen LogP contribution in [-0.2, 0) is 14.8 Å². The summed E-state index contributed by atoms with van der Waals surface area (Å²) in [6.07, 6.45) is 1.38. The molecule has 0 saturated heterocycles. The van der Waals surface area contributed by atoms with Crippen molar-refractivity contribution >= 4 is 16.1 Å². The maximum absolute atomic E-state index is 11.5. The van der Waals surface area contributed by atoms with Gasteiger partial charge in [0, 0.05) is 19.1 Å². The lowest BCUT2D eigenvalue weighted by atomic mass is 10.2. The minimum Gasteiger partial charge on any atom is -0.450 e. The maximum atomic E-state index is 11.5. The summed E-state index contributed by atoms with van der Waals surface area (Å²) in [5.41, 5.74) is 0. The lowest BCUT2D eigenvalue weighted by molar-refractivity contribution is 0.151. The van der Waals surface area contributed by atoms with Crippen molar-refractivity contribution in [1.29, 1.82) is 0 Å². The summed E-state index contributed by atoms with van der Waals surface area (Å²) in [7, 11) is -3.25. The van der Waals surface area contributed by atoms with Crippen LogP contribution in [0.3, 0.4) is 0 Å². The molecule has 1 amide bonds. The Morgan fingerprint density at radius 3 is 2.41 bits per heavy atom. The second-order valence-electron chi connectivity index (χ2n) is 3.78. The van der Waals surface area contributed by atoms with Crippen LogP contribution in [0.4, 0.5) is 4.79 Å². The summed E-state index contributed by atoms with van der Waals surface area (Å²) in [6, 6.07) is -0.0750. The van der Waals surface area contributed by atoms with Crippen molar-refractivity contribution in [3.63, 3.8) is 0 Å². The van der Waals surface area contributed by atoms with Gasteiger partial charge in [-0.1, -0.05) is 6.92 Å². The van der Waals surface area contributed by atoms with Crippen molar-refractivity contribution in [2.24, 2.45) is 0 Å². The number of carbonyl (C=O) groups excluding carboxylic acids is 1. The minimum absolute atomic E-state index is 0.0750. The van der Waals surface area contributed by atoms with E-state index in [1.54, 1.807) is 6.92 Å². The highest BCUT2D eigenvalue weighted by Crippen LogP contribution is 2.07. The highest BCUT2D eigenvalue weighted by molar-refractivity contribution is 7.88. The van der Waals surface area contributed by atoms with Gasteiger partial charge < -0.3 is 10.1 Å². The van der Waals surface area contributed by atoms with Gasteiger partial charge in [-0.3, -0.25) is 0 Å². The third kappa shape index (κ3) is 6.48. The Morgan fingerprint density at radius 1 is 1.41 bits per heavy atom. The fourth-order valence-corrected chi connectivity index (χ4v) is 2.59. The summed E-state index contributed by atoms with van der Waals surface area (Å²) in [4.78, 5) is 11.0. The molecule has 0 fully saturated rings. The van der Waals surface area contributed by atoms with Crippen molar-refractivity contribution < 1.29 is 17.9 Å². The number of rotatable bonds is 7. The number of sulfonamides is 1. The average Bonchev–Trinajstić information content (AvgIpc) is 2.22. The predicted molar refractivity (Wildman–Crippen MR) is 66.3 cm³/mol. The highest BCUT2D eigenvalue weighted by atomic mass is 32.2. The Labute approximate surface area is 103 Å². The first-order chi connectivity index (χ1) is 7.82. The molecule has 1 unspecified atom stereocenters. The van der Waals surface area contributed by atoms with Crippen molar-refractivity contribution in [2.75, 3.05) is 26.0 Å². The van der Waals surface area contributed by atoms with E-state index < -0.39 is 16.1 Å². The monoisotopic (exact) mass is 266 g/mol. The van der Waals surface area contributed by atoms with Gasteiger partial charge in [0.1, 0.15) is 0 Å². The molecule has 0 saturated carbocycles. The molecule has 0 bridgehead atoms. The number of alkyl carbamates (subject to hydrolysis) is 1. The topological polar surface area (TPSA) is 75.7 Å². The second-order valence-corrected chi connectivity index (χ2v) is 5.71. The molecule has 1 N–H and O–H groups in total. The molecule has 17 heavy (non-hydrogen) atoms. The van der Waals surface area contributed by atoms with Gasteiger partial charge in [-0.25, -0.2) is 13.2 Å². The molecule has 0 radical (unpaired) electrons. The number of nitrogens with zero attached hydrogens (tertiary/aromatic N) is 1. The van der Waals surface area contributed by atoms with Crippen LogP contribution < -0.4 is 5.32 Å². The van der Waals surface area contributed by atoms with E-state index in [0.29, 0.717) is 6.61 Å². The van der Waals surface area contributed by atoms with E-state index in [1.807, 2.05) is 13.8 Å². The van der Waals surface area contributed by atoms with Gasteiger partial charge in [0.05, 0.1) is 12.9 Å². The number of amides is 1. The standard InChI is InChI=1S/C10H22N2O4S/c1-5-9(3)12(17(4,14)15)8-7-11-10(13)16-6-2/h9H,5-8H2,1-4H3,(H,11,13). The zero-order valence-corrected chi connectivity index (χ0v) is 11.7. The summed E-state index contributed by atoms with van der Waals surface area (Å²) >= 11 is 0. The minimum atomic E-state index is -3.25. The molecule has 0 aromatic heterocycles. The summed E-state index contributed by atoms with van der Waals surface area (Å²) in [5.74, 6) is 0. The zero-order chi connectivity index (χ0) is 13.5. The number of hydrogen-bond donors (Lipinski definition) is 1. The third-order valence-electron chi connectivity index (χ3n) is 2.39. The van der Waals surface area contributed by atoms with Gasteiger partial charge in [0.25, 0.3) is 0 Å². The molecule has 1 atom stereocenters. The summed E-state index contributed by atoms with van der Waals surface area (Å²) in [6.45, 7) is 6.27. The number of ether oxygens (including phenoxy) is 1. The molecule has 102 valence electrons. The van der Waals surface area contributed by atoms with Crippen LogP contribution in [0.1, 0.15) is 27.2 Å². The lowest BCUT2D eigenvalue weighted by Gasteiger charge is -2.25. The molecule has 0 aromatic carbocycles. The Balaban J connectivity index is 4.24. The molecule has 0 aliphatic carbocycles. The lowest BCUT2D eigenvalue weighted by Crippen LogP contribution is -2.42. The van der Waals surface area contributed by atoms with E-state index in [9.17, 15) is 13.2 Å². The highest BCUT2D eigenvalue weighted by Gasteiger charge is 2.21. The van der Waals surface area contributed by atoms with Gasteiger partial charge in [-0.15, -0.1) is 0 Å². The third-order valence-corrected chi connectivity index (χ3v) is 3.78. The van der Waals surface area contributed by atoms with Gasteiger partial charge in [0.2, 0.25) is 10.0 Å². The first-order valence-electron chi connectivity index (χ1n) is 5.70. The van der Waals surface area contributed by atoms with Crippen LogP contribution in [0.15, 0.2) is 0 Å². The second kappa shape index (κ2) is 7.50. The quantitative estimate of drug-likeness (QED) is 0.739. The molecule has 0 aliphatic heterocycles. The summed E-state index contributed by atoms with van der Waals surface area (Å²) < 4.78 is 29.1. The number of hydrogen-bond acceptors (Lipinski definition) is 4. The normalized spacial score (nSPS) is 13.5. The molecular weight excluding hydrogens is 244 g/mol. The van der Waals surface area contributed by atoms with Crippen LogP contribution in [-0.4, -0.2) is 50.8 Å². The molecule has 7 heteroatoms. The Bertz CT molecular complexity index is 329. The fraction of sp³-hybridized carbons (Fsp3) is 0.900. The molecule has 0 spiro atoms. The smallest absolute Gasteiger partial charge is 0.407 e. The molecule has 0 rings (SSSR count). The Morgan fingerprint density at radius 2 is 2.00 bits per heavy atom. The zero-order valence-electron chi connectivity index (χ0n) is 10.9. The van der Waals surface area contributed by atoms with Crippen molar-refractivity contribution in [1.82, 2.24) is 9.62 Å². The van der Waals surface area contributed by atoms with Crippen LogP contribution >= 0.6 is 0 Å². The molecule has 6 nitrogen and oxygen atoms in total. The number of carbonyl (C=O) groups is 1. The molecule has 0 aliphatic rings. The van der Waals surface area contributed by atoms with E-state index in [4.69, 9.17) is 0 Å². The predicted octanol–water partition coefficient (Wildman–Crippen LogP) is 0.793. The molecular formula is C10H22N2O4S. The first kappa shape index (κ1) is 16.2. The number of nitrogens with one attached hydrogen (secondary N) is 1. The van der Waals surface area contributed by atoms with Crippen LogP contribution in [0.25, 0.3) is 0 Å². The fourth-order valence-electron chi connectivity index (χ4n) is 1.37. The average molecular weight is 266 g/mol. The van der Waals surface area contributed by atoms with E-state index in [2.05, 4.69) is 10.1 Å². The Kier molecular flexibility index (Phi) is 7.13. The van der Waals surface area contributed by atoms with E-state index in [1.165, 1.54) is 10.6 Å². The first-order valence-corrected chi connectivity index (χ1v) is 7.55. The van der Waals surface area contributed by atoms with Gasteiger partial charge in [-0.2, -0.15) is 4.31 Å². The van der Waals surface area contributed by atoms with Gasteiger partial charge in [-0.05, 0) is 20.3 Å². The van der Waals surface area contributed by atoms with Crippen LogP contribution in [0.5, 0.6) is 0 Å². The van der Waals surface area contributed by atoms with E-state index in [-0.39, 0.29) is 19.1 Å². The van der Waals surface area contributed by atoms with Gasteiger partial charge >= 0.3 is 6.09 Å². The largest absolute Gasteiger partial charge is 0.450 e. The van der Waals surface area contributed by atoms with Crippen LogP contribution in [0, 0.1) is 0 Å². The SMILES string of the molecule is CCOC(=O)NCCN(C(C)CC)S(C)(=O)=O. The van der Waals surface area contributed by atoms with Crippen molar-refractivity contribution in [3.8, 4) is 0 Å². The van der Waals surface area contributed by atoms with E-state index in [0.717, 1.165) is 6.42 Å². The molecule has 0 heterocycles. The van der Waals surface area contributed by atoms with E-state index >= 15 is 0 Å². The summed E-state index contributed by atoms with van der Waals surface area (Å²) in [5, 5.41) is 2.50. The molecule has 0 aromatic rings. The van der Waals surface area contributed by atoms with Crippen molar-refractivity contribution in [2.45, 2.75) is 33.2 Å². The Hall–Kier alpha value is -0.820. The maximum Gasteiger partial charge on any atom is 0.407 e. The van der Waals surface area contributed by atoms with Crippen molar-refractivity contribution in [3.05, 3.63) is 0 Å². The van der Waals surface area contributed by atoms with Gasteiger partial charge in [0.15, 0.2) is 0 Å².